The highest BCUT2D eigenvalue weighted by Crippen LogP contribution is 2.27. The van der Waals surface area contributed by atoms with E-state index in [2.05, 4.69) is 5.32 Å². The zero-order valence-electron chi connectivity index (χ0n) is 10.3. The first-order chi connectivity index (χ1) is 9.04. The van der Waals surface area contributed by atoms with Crippen molar-refractivity contribution in [2.75, 3.05) is 12.3 Å². The van der Waals surface area contributed by atoms with Crippen molar-refractivity contribution in [1.29, 1.82) is 0 Å². The lowest BCUT2D eigenvalue weighted by Crippen LogP contribution is -2.30. The van der Waals surface area contributed by atoms with E-state index in [0.29, 0.717) is 18.0 Å². The fourth-order valence-electron chi connectivity index (χ4n) is 1.64. The minimum absolute atomic E-state index is 0.0412. The van der Waals surface area contributed by atoms with Crippen molar-refractivity contribution >= 4 is 28.3 Å². The van der Waals surface area contributed by atoms with Crippen molar-refractivity contribution in [3.63, 3.8) is 0 Å². The van der Waals surface area contributed by atoms with Crippen molar-refractivity contribution in [1.82, 2.24) is 5.32 Å². The lowest BCUT2D eigenvalue weighted by atomic mass is 10.2. The van der Waals surface area contributed by atoms with Gasteiger partial charge in [-0.2, -0.15) is 0 Å². The molecule has 1 atom stereocenters. The molecule has 0 saturated heterocycles. The molecule has 1 aliphatic carbocycles. The molecule has 1 aromatic rings. The predicted molar refractivity (Wildman–Crippen MR) is 73.9 cm³/mol. The molecule has 19 heavy (non-hydrogen) atoms. The van der Waals surface area contributed by atoms with Crippen LogP contribution in [0.3, 0.4) is 0 Å². The molecule has 1 N–H and O–H groups in total. The fourth-order valence-corrected chi connectivity index (χ4v) is 3.05. The Kier molecular flexibility index (Phi) is 4.93. The van der Waals surface area contributed by atoms with E-state index in [1.54, 1.807) is 0 Å². The van der Waals surface area contributed by atoms with E-state index in [1.165, 1.54) is 18.2 Å². The Hall–Kier alpha value is -0.940. The molecule has 1 amide bonds. The van der Waals surface area contributed by atoms with Crippen LogP contribution in [0.25, 0.3) is 0 Å². The van der Waals surface area contributed by atoms with Crippen molar-refractivity contribution in [2.45, 2.75) is 18.6 Å². The monoisotopic (exact) mass is 303 g/mol. The molecule has 1 saturated carbocycles. The number of hydrogen-bond donors (Lipinski definition) is 1. The second-order valence-corrected chi connectivity index (χ2v) is 6.58. The SMILES string of the molecule is O=C(C[S@](=O)Cc1ccc(F)cc1Cl)NCC1CC1. The topological polar surface area (TPSA) is 46.2 Å². The number of nitrogens with one attached hydrogen (secondary N) is 1. The van der Waals surface area contributed by atoms with Crippen LogP contribution in [0.1, 0.15) is 18.4 Å². The van der Waals surface area contributed by atoms with Gasteiger partial charge >= 0.3 is 0 Å². The molecule has 0 unspecified atom stereocenters. The van der Waals surface area contributed by atoms with Crippen molar-refractivity contribution in [3.8, 4) is 0 Å². The van der Waals surface area contributed by atoms with Gasteiger partial charge in [0, 0.05) is 22.4 Å². The van der Waals surface area contributed by atoms with Crippen LogP contribution in [0.15, 0.2) is 18.2 Å². The number of halogens is 2. The van der Waals surface area contributed by atoms with Gasteiger partial charge in [0.2, 0.25) is 5.91 Å². The number of amides is 1. The smallest absolute Gasteiger partial charge is 0.232 e. The quantitative estimate of drug-likeness (QED) is 0.876. The predicted octanol–water partition coefficient (Wildman–Crippen LogP) is 2.25. The van der Waals surface area contributed by atoms with Gasteiger partial charge in [-0.05, 0) is 36.5 Å². The Balaban J connectivity index is 1.80. The third kappa shape index (κ3) is 4.91. The number of benzene rings is 1. The largest absolute Gasteiger partial charge is 0.355 e. The molecule has 104 valence electrons. The van der Waals surface area contributed by atoms with Crippen molar-refractivity contribution in [3.05, 3.63) is 34.6 Å². The Labute approximate surface area is 119 Å². The van der Waals surface area contributed by atoms with Crippen molar-refractivity contribution < 1.29 is 13.4 Å². The van der Waals surface area contributed by atoms with Gasteiger partial charge in [-0.25, -0.2) is 4.39 Å². The summed E-state index contributed by atoms with van der Waals surface area (Å²) in [6, 6.07) is 3.95. The van der Waals surface area contributed by atoms with Gasteiger partial charge in [-0.1, -0.05) is 17.7 Å². The zero-order valence-corrected chi connectivity index (χ0v) is 11.9. The lowest BCUT2D eigenvalue weighted by molar-refractivity contribution is -0.118. The first-order valence-electron chi connectivity index (χ1n) is 6.10. The summed E-state index contributed by atoms with van der Waals surface area (Å²) in [4.78, 5) is 11.5. The number of rotatable bonds is 6. The highest BCUT2D eigenvalue weighted by atomic mass is 35.5. The molecule has 0 heterocycles. The average molecular weight is 304 g/mol. The number of hydrogen-bond acceptors (Lipinski definition) is 2. The average Bonchev–Trinajstić information content (AvgIpc) is 3.14. The van der Waals surface area contributed by atoms with Crippen molar-refractivity contribution in [2.24, 2.45) is 5.92 Å². The van der Waals surface area contributed by atoms with E-state index < -0.39 is 16.6 Å². The zero-order chi connectivity index (χ0) is 13.8. The van der Waals surface area contributed by atoms with Crippen LogP contribution in [0.2, 0.25) is 5.02 Å². The Bertz CT molecular complexity index is 505. The fraction of sp³-hybridized carbons (Fsp3) is 0.462. The molecule has 2 rings (SSSR count). The Morgan fingerprint density at radius 1 is 1.47 bits per heavy atom. The maximum atomic E-state index is 12.9. The Morgan fingerprint density at radius 2 is 2.21 bits per heavy atom. The first-order valence-corrected chi connectivity index (χ1v) is 7.97. The number of carbonyl (C=O) groups is 1. The van der Waals surface area contributed by atoms with E-state index in [0.717, 1.165) is 12.8 Å². The molecule has 6 heteroatoms. The maximum Gasteiger partial charge on any atom is 0.232 e. The van der Waals surface area contributed by atoms with E-state index in [4.69, 9.17) is 11.6 Å². The summed E-state index contributed by atoms with van der Waals surface area (Å²) in [5, 5.41) is 3.00. The third-order valence-electron chi connectivity index (χ3n) is 2.91. The van der Waals surface area contributed by atoms with E-state index in [9.17, 15) is 13.4 Å². The molecule has 0 aromatic heterocycles. The van der Waals surface area contributed by atoms with Crippen LogP contribution in [0.5, 0.6) is 0 Å². The molecule has 0 spiro atoms. The van der Waals surface area contributed by atoms with E-state index >= 15 is 0 Å². The molecular weight excluding hydrogens is 289 g/mol. The van der Waals surface area contributed by atoms with Crippen LogP contribution < -0.4 is 5.32 Å². The van der Waals surface area contributed by atoms with Crippen LogP contribution >= 0.6 is 11.6 Å². The standard InChI is InChI=1S/C13H15ClFNO2S/c14-12-5-11(15)4-3-10(12)7-19(18)8-13(17)16-6-9-1-2-9/h3-5,9H,1-2,6-8H2,(H,16,17)/t19-/m1/s1. The molecule has 0 aliphatic heterocycles. The summed E-state index contributed by atoms with van der Waals surface area (Å²) in [5.74, 6) is 0.0882. The maximum absolute atomic E-state index is 12.9. The van der Waals surface area contributed by atoms with Crippen LogP contribution in [-0.2, 0) is 21.3 Å². The summed E-state index contributed by atoms with van der Waals surface area (Å²) in [5.41, 5.74) is 0.594. The lowest BCUT2D eigenvalue weighted by Gasteiger charge is -2.06. The molecule has 1 fully saturated rings. The first kappa shape index (κ1) is 14.5. The third-order valence-corrected chi connectivity index (χ3v) is 4.48. The van der Waals surface area contributed by atoms with E-state index in [-0.39, 0.29) is 22.4 Å². The van der Waals surface area contributed by atoms with Gasteiger partial charge in [0.25, 0.3) is 0 Å². The van der Waals surface area contributed by atoms with Crippen LogP contribution in [0, 0.1) is 11.7 Å². The highest BCUT2D eigenvalue weighted by Gasteiger charge is 2.22. The molecule has 0 radical (unpaired) electrons. The minimum Gasteiger partial charge on any atom is -0.355 e. The molecular formula is C13H15ClFNO2S. The summed E-state index contributed by atoms with van der Waals surface area (Å²) < 4.78 is 24.7. The summed E-state index contributed by atoms with van der Waals surface area (Å²) in [7, 11) is -1.33. The summed E-state index contributed by atoms with van der Waals surface area (Å²) in [6.45, 7) is 0.674. The Morgan fingerprint density at radius 3 is 2.84 bits per heavy atom. The number of carbonyl (C=O) groups excluding carboxylic acids is 1. The van der Waals surface area contributed by atoms with E-state index in [1.807, 2.05) is 0 Å². The highest BCUT2D eigenvalue weighted by molar-refractivity contribution is 7.84. The molecule has 1 aliphatic rings. The van der Waals surface area contributed by atoms with Gasteiger partial charge in [-0.15, -0.1) is 0 Å². The van der Waals surface area contributed by atoms with Gasteiger partial charge in [0.1, 0.15) is 11.6 Å². The summed E-state index contributed by atoms with van der Waals surface area (Å²) in [6.07, 6.45) is 2.32. The van der Waals surface area contributed by atoms with Gasteiger partial charge in [-0.3, -0.25) is 9.00 Å². The second-order valence-electron chi connectivity index (χ2n) is 4.71. The minimum atomic E-state index is -1.33. The normalized spacial score (nSPS) is 16.1. The summed E-state index contributed by atoms with van der Waals surface area (Å²) >= 11 is 5.85. The molecule has 1 aromatic carbocycles. The second kappa shape index (κ2) is 6.48. The van der Waals surface area contributed by atoms with Gasteiger partial charge in [0.05, 0.1) is 5.75 Å². The van der Waals surface area contributed by atoms with Crippen LogP contribution in [0.4, 0.5) is 4.39 Å². The van der Waals surface area contributed by atoms with Gasteiger partial charge < -0.3 is 5.32 Å². The molecule has 3 nitrogen and oxygen atoms in total. The van der Waals surface area contributed by atoms with Crippen LogP contribution in [-0.4, -0.2) is 22.4 Å². The molecule has 0 bridgehead atoms. The van der Waals surface area contributed by atoms with Gasteiger partial charge in [0.15, 0.2) is 0 Å².